The molecule has 0 fully saturated rings. The number of ether oxygens (including phenoxy) is 1. The first kappa shape index (κ1) is 18.7. The van der Waals surface area contributed by atoms with Gasteiger partial charge in [0.05, 0.1) is 12.2 Å². The van der Waals surface area contributed by atoms with Crippen LogP contribution in [0.5, 0.6) is 0 Å². The van der Waals surface area contributed by atoms with Gasteiger partial charge in [-0.2, -0.15) is 0 Å². The molecule has 0 spiro atoms. The summed E-state index contributed by atoms with van der Waals surface area (Å²) in [6.45, 7) is 4.80. The standard InChI is InChI=1S/C19H30O3/c1-3-5-7-9-11-16-15-17(12-13-18(16)20)19(21)22-14-10-8-6-4-2/h12-13,15-16H,3-11,14H2,1-2H3. The van der Waals surface area contributed by atoms with Crippen molar-refractivity contribution in [2.45, 2.75) is 71.6 Å². The lowest BCUT2D eigenvalue weighted by Gasteiger charge is -2.15. The number of carbonyl (C=O) groups is 2. The Morgan fingerprint density at radius 3 is 2.36 bits per heavy atom. The fraction of sp³-hybridized carbons (Fsp3) is 0.684. The maximum Gasteiger partial charge on any atom is 0.337 e. The van der Waals surface area contributed by atoms with Crippen molar-refractivity contribution in [1.82, 2.24) is 0 Å². The first-order valence-electron chi connectivity index (χ1n) is 8.79. The average Bonchev–Trinajstić information content (AvgIpc) is 2.52. The van der Waals surface area contributed by atoms with Crippen molar-refractivity contribution in [3.05, 3.63) is 23.8 Å². The van der Waals surface area contributed by atoms with E-state index in [1.807, 2.05) is 0 Å². The summed E-state index contributed by atoms with van der Waals surface area (Å²) in [4.78, 5) is 23.9. The fourth-order valence-corrected chi connectivity index (χ4v) is 2.58. The molecule has 0 radical (unpaired) electrons. The van der Waals surface area contributed by atoms with E-state index in [0.717, 1.165) is 32.1 Å². The number of hydrogen-bond acceptors (Lipinski definition) is 3. The van der Waals surface area contributed by atoms with Gasteiger partial charge in [0.2, 0.25) is 0 Å². The van der Waals surface area contributed by atoms with E-state index in [4.69, 9.17) is 4.74 Å². The van der Waals surface area contributed by atoms with Crippen LogP contribution in [0.15, 0.2) is 23.8 Å². The highest BCUT2D eigenvalue weighted by Gasteiger charge is 2.21. The molecule has 0 N–H and O–H groups in total. The molecule has 0 aromatic rings. The quantitative estimate of drug-likeness (QED) is 0.408. The molecule has 3 heteroatoms. The Hall–Kier alpha value is -1.38. The molecule has 1 aliphatic carbocycles. The van der Waals surface area contributed by atoms with Crippen molar-refractivity contribution in [3.63, 3.8) is 0 Å². The van der Waals surface area contributed by atoms with Gasteiger partial charge in [0, 0.05) is 5.92 Å². The van der Waals surface area contributed by atoms with E-state index in [1.165, 1.54) is 31.8 Å². The lowest BCUT2D eigenvalue weighted by molar-refractivity contribution is -0.138. The highest BCUT2D eigenvalue weighted by molar-refractivity contribution is 6.01. The summed E-state index contributed by atoms with van der Waals surface area (Å²) in [6, 6.07) is 0. The van der Waals surface area contributed by atoms with Crippen LogP contribution in [0.4, 0.5) is 0 Å². The number of unbranched alkanes of at least 4 members (excludes halogenated alkanes) is 6. The summed E-state index contributed by atoms with van der Waals surface area (Å²) in [5, 5.41) is 0. The molecule has 0 aromatic heterocycles. The monoisotopic (exact) mass is 306 g/mol. The molecule has 0 amide bonds. The summed E-state index contributed by atoms with van der Waals surface area (Å²) in [7, 11) is 0. The first-order chi connectivity index (χ1) is 10.7. The molecule has 1 rings (SSSR count). The van der Waals surface area contributed by atoms with Gasteiger partial charge in [-0.05, 0) is 25.0 Å². The Labute approximate surface area is 134 Å². The van der Waals surface area contributed by atoms with Crippen LogP contribution in [-0.2, 0) is 14.3 Å². The molecule has 3 nitrogen and oxygen atoms in total. The summed E-state index contributed by atoms with van der Waals surface area (Å²) >= 11 is 0. The third-order valence-corrected chi connectivity index (χ3v) is 4.01. The van der Waals surface area contributed by atoms with Crippen LogP contribution in [0.1, 0.15) is 71.6 Å². The Morgan fingerprint density at radius 2 is 1.68 bits per heavy atom. The molecular formula is C19H30O3. The highest BCUT2D eigenvalue weighted by atomic mass is 16.5. The van der Waals surface area contributed by atoms with Crippen LogP contribution in [0.25, 0.3) is 0 Å². The minimum Gasteiger partial charge on any atom is -0.462 e. The molecule has 0 aromatic carbocycles. The molecule has 0 aliphatic heterocycles. The van der Waals surface area contributed by atoms with Crippen molar-refractivity contribution < 1.29 is 14.3 Å². The highest BCUT2D eigenvalue weighted by Crippen LogP contribution is 2.21. The van der Waals surface area contributed by atoms with Gasteiger partial charge in [0.1, 0.15) is 0 Å². The number of allylic oxidation sites excluding steroid dienone is 2. The Kier molecular flexibility index (Phi) is 9.52. The van der Waals surface area contributed by atoms with Gasteiger partial charge < -0.3 is 4.74 Å². The Bertz CT molecular complexity index is 407. The van der Waals surface area contributed by atoms with E-state index >= 15 is 0 Å². The van der Waals surface area contributed by atoms with Crippen molar-refractivity contribution in [2.24, 2.45) is 5.92 Å². The maximum absolute atomic E-state index is 12.0. The Balaban J connectivity index is 2.38. The zero-order chi connectivity index (χ0) is 16.2. The summed E-state index contributed by atoms with van der Waals surface area (Å²) < 4.78 is 5.28. The lowest BCUT2D eigenvalue weighted by Crippen LogP contribution is -2.17. The van der Waals surface area contributed by atoms with E-state index in [-0.39, 0.29) is 17.7 Å². The van der Waals surface area contributed by atoms with Gasteiger partial charge >= 0.3 is 5.97 Å². The van der Waals surface area contributed by atoms with Crippen LogP contribution in [0, 0.1) is 5.92 Å². The van der Waals surface area contributed by atoms with Crippen molar-refractivity contribution in [1.29, 1.82) is 0 Å². The van der Waals surface area contributed by atoms with Crippen LogP contribution in [0.2, 0.25) is 0 Å². The molecule has 0 saturated heterocycles. The van der Waals surface area contributed by atoms with Gasteiger partial charge in [0.15, 0.2) is 5.78 Å². The van der Waals surface area contributed by atoms with Gasteiger partial charge in [-0.25, -0.2) is 4.79 Å². The zero-order valence-electron chi connectivity index (χ0n) is 14.1. The van der Waals surface area contributed by atoms with Gasteiger partial charge in [-0.1, -0.05) is 64.9 Å². The van der Waals surface area contributed by atoms with E-state index in [1.54, 1.807) is 12.2 Å². The van der Waals surface area contributed by atoms with Gasteiger partial charge in [-0.15, -0.1) is 0 Å². The minimum absolute atomic E-state index is 0.107. The van der Waals surface area contributed by atoms with Gasteiger partial charge in [-0.3, -0.25) is 4.79 Å². The van der Waals surface area contributed by atoms with Crippen LogP contribution in [0.3, 0.4) is 0 Å². The molecule has 1 atom stereocenters. The number of ketones is 1. The van der Waals surface area contributed by atoms with Crippen LogP contribution in [-0.4, -0.2) is 18.4 Å². The van der Waals surface area contributed by atoms with Gasteiger partial charge in [0.25, 0.3) is 0 Å². The lowest BCUT2D eigenvalue weighted by atomic mass is 9.90. The minimum atomic E-state index is -0.293. The van der Waals surface area contributed by atoms with E-state index < -0.39 is 0 Å². The molecule has 1 aliphatic rings. The third kappa shape index (κ3) is 7.06. The SMILES string of the molecule is CCCCCCOC(=O)C1=CC(CCCCCC)C(=O)C=C1. The molecule has 0 heterocycles. The predicted octanol–water partition coefficient (Wildman–Crippen LogP) is 4.76. The van der Waals surface area contributed by atoms with Crippen molar-refractivity contribution >= 4 is 11.8 Å². The summed E-state index contributed by atoms with van der Waals surface area (Å²) in [5.41, 5.74) is 0.538. The molecule has 1 unspecified atom stereocenters. The van der Waals surface area contributed by atoms with E-state index in [2.05, 4.69) is 13.8 Å². The molecule has 0 saturated carbocycles. The fourth-order valence-electron chi connectivity index (χ4n) is 2.58. The number of hydrogen-bond donors (Lipinski definition) is 0. The number of esters is 1. The Morgan fingerprint density at radius 1 is 1.00 bits per heavy atom. The van der Waals surface area contributed by atoms with E-state index in [0.29, 0.717) is 12.2 Å². The zero-order valence-corrected chi connectivity index (χ0v) is 14.1. The molecule has 0 bridgehead atoms. The summed E-state index contributed by atoms with van der Waals surface area (Å²) in [6.07, 6.45) is 14.7. The van der Waals surface area contributed by atoms with Crippen molar-refractivity contribution in [2.75, 3.05) is 6.61 Å². The summed E-state index contributed by atoms with van der Waals surface area (Å²) in [5.74, 6) is -0.334. The molecular weight excluding hydrogens is 276 g/mol. The second-order valence-corrected chi connectivity index (χ2v) is 6.01. The second kappa shape index (κ2) is 11.2. The topological polar surface area (TPSA) is 43.4 Å². The average molecular weight is 306 g/mol. The normalized spacial score (nSPS) is 17.5. The largest absolute Gasteiger partial charge is 0.462 e. The van der Waals surface area contributed by atoms with Crippen LogP contribution >= 0.6 is 0 Å². The molecule has 124 valence electrons. The molecule has 22 heavy (non-hydrogen) atoms. The predicted molar refractivity (Wildman–Crippen MR) is 89.6 cm³/mol. The number of rotatable bonds is 11. The van der Waals surface area contributed by atoms with E-state index in [9.17, 15) is 9.59 Å². The smallest absolute Gasteiger partial charge is 0.337 e. The second-order valence-electron chi connectivity index (χ2n) is 6.01. The maximum atomic E-state index is 12.0. The van der Waals surface area contributed by atoms with Crippen molar-refractivity contribution in [3.8, 4) is 0 Å². The first-order valence-corrected chi connectivity index (χ1v) is 8.79. The number of carbonyl (C=O) groups excluding carboxylic acids is 2. The third-order valence-electron chi connectivity index (χ3n) is 4.01. The van der Waals surface area contributed by atoms with Crippen LogP contribution < -0.4 is 0 Å².